The van der Waals surface area contributed by atoms with E-state index < -0.39 is 0 Å². The smallest absolute Gasteiger partial charge is 0.136 e. The molecular weight excluding hydrogens is 398 g/mol. The van der Waals surface area contributed by atoms with Gasteiger partial charge in [-0.1, -0.05) is 13.3 Å². The van der Waals surface area contributed by atoms with Crippen molar-refractivity contribution < 1.29 is 0 Å². The Balaban J connectivity index is 1.62. The van der Waals surface area contributed by atoms with Crippen LogP contribution in [0.15, 0.2) is 6.07 Å². The Morgan fingerprint density at radius 3 is 2.78 bits per heavy atom. The Morgan fingerprint density at radius 1 is 1.31 bits per heavy atom. The molecule has 2 aromatic rings. The highest BCUT2D eigenvalue weighted by Crippen LogP contribution is 2.44. The average Bonchev–Trinajstić information content (AvgIpc) is 3.34. The van der Waals surface area contributed by atoms with Gasteiger partial charge in [0.05, 0.1) is 16.9 Å². The van der Waals surface area contributed by atoms with E-state index in [2.05, 4.69) is 52.2 Å². The van der Waals surface area contributed by atoms with Crippen LogP contribution in [0.1, 0.15) is 67.2 Å². The first-order chi connectivity index (χ1) is 15.4. The molecular formula is C25H39N7. The molecule has 1 aliphatic heterocycles. The molecule has 3 heterocycles. The third-order valence-corrected chi connectivity index (χ3v) is 7.60. The van der Waals surface area contributed by atoms with Gasteiger partial charge in [0, 0.05) is 62.3 Å². The SMILES string of the molecule is CCCC1(Cn2nc(C)c3c2CCN(c2cc(C)nc(NC)c2C=N)C3)CCC(NC)C1. The zero-order chi connectivity index (χ0) is 22.9. The topological polar surface area (TPSA) is 81.9 Å². The van der Waals surface area contributed by atoms with Gasteiger partial charge in [0.1, 0.15) is 5.82 Å². The fraction of sp³-hybridized carbons (Fsp3) is 0.640. The maximum absolute atomic E-state index is 7.97. The van der Waals surface area contributed by atoms with E-state index in [-0.39, 0.29) is 0 Å². The Kier molecular flexibility index (Phi) is 6.56. The summed E-state index contributed by atoms with van der Waals surface area (Å²) in [5.41, 5.74) is 7.21. The molecule has 174 valence electrons. The molecule has 0 radical (unpaired) electrons. The lowest BCUT2D eigenvalue weighted by Crippen LogP contribution is -2.34. The van der Waals surface area contributed by atoms with Crippen molar-refractivity contribution in [2.24, 2.45) is 5.41 Å². The van der Waals surface area contributed by atoms with Gasteiger partial charge in [-0.15, -0.1) is 0 Å². The minimum Gasteiger partial charge on any atom is -0.373 e. The van der Waals surface area contributed by atoms with Crippen molar-refractivity contribution in [1.82, 2.24) is 20.1 Å². The number of rotatable bonds is 8. The minimum atomic E-state index is 0.364. The highest BCUT2D eigenvalue weighted by Gasteiger charge is 2.39. The van der Waals surface area contributed by atoms with E-state index in [0.29, 0.717) is 11.5 Å². The maximum atomic E-state index is 7.97. The van der Waals surface area contributed by atoms with E-state index in [9.17, 15) is 0 Å². The normalized spacial score (nSPS) is 22.8. The first-order valence-electron chi connectivity index (χ1n) is 12.1. The van der Waals surface area contributed by atoms with Crippen molar-refractivity contribution in [2.75, 3.05) is 30.9 Å². The van der Waals surface area contributed by atoms with Crippen LogP contribution in [0.5, 0.6) is 0 Å². The molecule has 1 fully saturated rings. The zero-order valence-electron chi connectivity index (χ0n) is 20.4. The van der Waals surface area contributed by atoms with Gasteiger partial charge in [-0.05, 0) is 58.1 Å². The van der Waals surface area contributed by atoms with Gasteiger partial charge in [0.25, 0.3) is 0 Å². The summed E-state index contributed by atoms with van der Waals surface area (Å²) in [6.45, 7) is 9.31. The molecule has 32 heavy (non-hydrogen) atoms. The van der Waals surface area contributed by atoms with Crippen LogP contribution in [-0.4, -0.2) is 47.7 Å². The molecule has 2 aliphatic rings. The standard InChI is InChI=1S/C25H39N7/c1-6-9-25(10-7-19(13-25)27-4)16-32-22-8-11-31(15-21(22)18(3)30-32)23-12-17(2)29-24(28-5)20(23)14-26/h12,14,19,26-27H,6-11,13,15-16H2,1-5H3,(H,28,29). The molecule has 0 spiro atoms. The van der Waals surface area contributed by atoms with Gasteiger partial charge in [-0.2, -0.15) is 5.10 Å². The fourth-order valence-corrected chi connectivity index (χ4v) is 6.01. The Hall–Kier alpha value is -2.41. The summed E-state index contributed by atoms with van der Waals surface area (Å²) in [6.07, 6.45) is 8.73. The zero-order valence-corrected chi connectivity index (χ0v) is 20.4. The molecule has 2 atom stereocenters. The van der Waals surface area contributed by atoms with Crippen LogP contribution < -0.4 is 15.5 Å². The molecule has 0 bridgehead atoms. The summed E-state index contributed by atoms with van der Waals surface area (Å²) in [4.78, 5) is 6.96. The Labute approximate surface area is 192 Å². The van der Waals surface area contributed by atoms with Crippen LogP contribution >= 0.6 is 0 Å². The summed E-state index contributed by atoms with van der Waals surface area (Å²) in [7, 11) is 3.97. The number of nitrogens with one attached hydrogen (secondary N) is 3. The first-order valence-corrected chi connectivity index (χ1v) is 12.1. The second-order valence-electron chi connectivity index (χ2n) is 9.76. The fourth-order valence-electron chi connectivity index (χ4n) is 6.01. The Morgan fingerprint density at radius 2 is 2.12 bits per heavy atom. The van der Waals surface area contributed by atoms with E-state index in [4.69, 9.17) is 10.5 Å². The quantitative estimate of drug-likeness (QED) is 0.543. The highest BCUT2D eigenvalue weighted by molar-refractivity contribution is 5.92. The van der Waals surface area contributed by atoms with Crippen molar-refractivity contribution >= 4 is 17.7 Å². The average molecular weight is 438 g/mol. The monoisotopic (exact) mass is 437 g/mol. The Bertz CT molecular complexity index is 979. The molecule has 1 aliphatic carbocycles. The third-order valence-electron chi connectivity index (χ3n) is 7.60. The molecule has 0 amide bonds. The number of nitrogens with zero attached hydrogens (tertiary/aromatic N) is 4. The molecule has 2 aromatic heterocycles. The van der Waals surface area contributed by atoms with Gasteiger partial charge in [-0.25, -0.2) is 4.98 Å². The molecule has 3 N–H and O–H groups in total. The number of pyridine rings is 1. The molecule has 1 saturated carbocycles. The van der Waals surface area contributed by atoms with Gasteiger partial charge < -0.3 is 20.9 Å². The van der Waals surface area contributed by atoms with Gasteiger partial charge in [0.2, 0.25) is 0 Å². The van der Waals surface area contributed by atoms with Crippen molar-refractivity contribution in [3.8, 4) is 0 Å². The van der Waals surface area contributed by atoms with E-state index in [0.717, 1.165) is 54.5 Å². The van der Waals surface area contributed by atoms with Crippen LogP contribution in [-0.2, 0) is 19.5 Å². The van der Waals surface area contributed by atoms with Gasteiger partial charge in [0.15, 0.2) is 0 Å². The van der Waals surface area contributed by atoms with Crippen molar-refractivity contribution in [1.29, 1.82) is 5.41 Å². The molecule has 4 rings (SSSR count). The second kappa shape index (κ2) is 9.22. The van der Waals surface area contributed by atoms with Gasteiger partial charge >= 0.3 is 0 Å². The van der Waals surface area contributed by atoms with E-state index in [1.165, 1.54) is 49.6 Å². The molecule has 7 nitrogen and oxygen atoms in total. The van der Waals surface area contributed by atoms with Crippen molar-refractivity contribution in [3.63, 3.8) is 0 Å². The first kappa shape index (κ1) is 22.8. The summed E-state index contributed by atoms with van der Waals surface area (Å²) in [6, 6.07) is 2.75. The summed E-state index contributed by atoms with van der Waals surface area (Å²) in [5.74, 6) is 0.773. The minimum absolute atomic E-state index is 0.364. The van der Waals surface area contributed by atoms with E-state index in [1.807, 2.05) is 14.0 Å². The molecule has 2 unspecified atom stereocenters. The largest absolute Gasteiger partial charge is 0.373 e. The van der Waals surface area contributed by atoms with Crippen LogP contribution in [0.4, 0.5) is 11.5 Å². The predicted molar refractivity (Wildman–Crippen MR) is 132 cm³/mol. The van der Waals surface area contributed by atoms with Crippen molar-refractivity contribution in [2.45, 2.75) is 78.4 Å². The van der Waals surface area contributed by atoms with Crippen molar-refractivity contribution in [3.05, 3.63) is 34.3 Å². The second-order valence-corrected chi connectivity index (χ2v) is 9.76. The lowest BCUT2D eigenvalue weighted by Gasteiger charge is -2.33. The number of fused-ring (bicyclic) bond motifs is 1. The number of aryl methyl sites for hydroxylation is 2. The van der Waals surface area contributed by atoms with Crippen LogP contribution in [0.25, 0.3) is 0 Å². The predicted octanol–water partition coefficient (Wildman–Crippen LogP) is 4.06. The van der Waals surface area contributed by atoms with Gasteiger partial charge in [-0.3, -0.25) is 4.68 Å². The third kappa shape index (κ3) is 4.15. The number of anilines is 2. The van der Waals surface area contributed by atoms with Crippen LogP contribution in [0.2, 0.25) is 0 Å². The van der Waals surface area contributed by atoms with Crippen LogP contribution in [0.3, 0.4) is 0 Å². The molecule has 0 aromatic carbocycles. The maximum Gasteiger partial charge on any atom is 0.136 e. The van der Waals surface area contributed by atoms with E-state index >= 15 is 0 Å². The number of aromatic nitrogens is 3. The van der Waals surface area contributed by atoms with E-state index in [1.54, 1.807) is 0 Å². The lowest BCUT2D eigenvalue weighted by molar-refractivity contribution is 0.206. The number of hydrogen-bond acceptors (Lipinski definition) is 6. The number of hydrogen-bond donors (Lipinski definition) is 3. The lowest BCUT2D eigenvalue weighted by atomic mass is 9.81. The molecule has 7 heteroatoms. The molecule has 0 saturated heterocycles. The summed E-state index contributed by atoms with van der Waals surface area (Å²) in [5, 5.41) is 19.7. The summed E-state index contributed by atoms with van der Waals surface area (Å²) >= 11 is 0. The van der Waals surface area contributed by atoms with Crippen LogP contribution in [0, 0.1) is 24.7 Å². The highest BCUT2D eigenvalue weighted by atomic mass is 15.3. The summed E-state index contributed by atoms with van der Waals surface area (Å²) < 4.78 is 2.35.